The minimum absolute atomic E-state index is 0.875. The van der Waals surface area contributed by atoms with Gasteiger partial charge in [-0.3, -0.25) is 5.10 Å². The minimum Gasteiger partial charge on any atom is -0.473 e. The standard InChI is InChI=1S/C15H21N3.C2H2O4/c1-3-4-9-16-10-14-11-17-18-15(14)13-7-5-12(2)6-8-13;3-1(4)2(5)6/h5-8,11,16H,3-4,9-10H2,1-2H3,(H,17,18);(H,3,4)(H,5,6). The number of aryl methyl sites for hydroxylation is 1. The largest absolute Gasteiger partial charge is 0.473 e. The van der Waals surface area contributed by atoms with Gasteiger partial charge in [0.05, 0.1) is 11.9 Å². The number of hydrogen-bond donors (Lipinski definition) is 4. The van der Waals surface area contributed by atoms with Gasteiger partial charge in [0.15, 0.2) is 0 Å². The smallest absolute Gasteiger partial charge is 0.414 e. The fourth-order valence-electron chi connectivity index (χ4n) is 1.94. The molecule has 4 N–H and O–H groups in total. The third-order valence-electron chi connectivity index (χ3n) is 3.26. The Morgan fingerprint density at radius 3 is 2.33 bits per heavy atom. The van der Waals surface area contributed by atoms with E-state index >= 15 is 0 Å². The lowest BCUT2D eigenvalue weighted by atomic mass is 10.1. The lowest BCUT2D eigenvalue weighted by molar-refractivity contribution is -0.159. The number of carboxylic acids is 2. The number of nitrogens with one attached hydrogen (secondary N) is 2. The van der Waals surface area contributed by atoms with Gasteiger partial charge in [0, 0.05) is 12.1 Å². The molecule has 7 heteroatoms. The van der Waals surface area contributed by atoms with Gasteiger partial charge in [-0.2, -0.15) is 5.10 Å². The van der Waals surface area contributed by atoms with Gasteiger partial charge >= 0.3 is 11.9 Å². The Morgan fingerprint density at radius 1 is 1.17 bits per heavy atom. The van der Waals surface area contributed by atoms with Crippen molar-refractivity contribution in [2.45, 2.75) is 33.2 Å². The number of carbonyl (C=O) groups is 2. The molecule has 0 bridgehead atoms. The molecular formula is C17H23N3O4. The van der Waals surface area contributed by atoms with Crippen LogP contribution in [0.1, 0.15) is 30.9 Å². The van der Waals surface area contributed by atoms with Crippen LogP contribution in [0.25, 0.3) is 11.3 Å². The highest BCUT2D eigenvalue weighted by Gasteiger charge is 2.06. The molecule has 130 valence electrons. The van der Waals surface area contributed by atoms with Crippen LogP contribution >= 0.6 is 0 Å². The van der Waals surface area contributed by atoms with Crippen molar-refractivity contribution in [1.29, 1.82) is 0 Å². The molecule has 2 rings (SSSR count). The van der Waals surface area contributed by atoms with Crippen LogP contribution in [0.4, 0.5) is 0 Å². The van der Waals surface area contributed by atoms with Crippen molar-refractivity contribution in [3.8, 4) is 11.3 Å². The van der Waals surface area contributed by atoms with Crippen molar-refractivity contribution < 1.29 is 19.8 Å². The molecule has 0 saturated carbocycles. The van der Waals surface area contributed by atoms with Crippen LogP contribution in [0.5, 0.6) is 0 Å². The second kappa shape index (κ2) is 10.2. The number of aliphatic carboxylic acids is 2. The predicted octanol–water partition coefficient (Wildman–Crippen LogP) is 2.43. The number of H-pyrrole nitrogens is 1. The van der Waals surface area contributed by atoms with E-state index in [2.05, 4.69) is 53.6 Å². The lowest BCUT2D eigenvalue weighted by Crippen LogP contribution is -2.14. The van der Waals surface area contributed by atoms with Gasteiger partial charge in [0.2, 0.25) is 0 Å². The van der Waals surface area contributed by atoms with E-state index in [0.717, 1.165) is 18.8 Å². The summed E-state index contributed by atoms with van der Waals surface area (Å²) in [4.78, 5) is 18.2. The summed E-state index contributed by atoms with van der Waals surface area (Å²) >= 11 is 0. The SMILES string of the molecule is CCCCNCc1cn[nH]c1-c1ccc(C)cc1.O=C(O)C(=O)O. The van der Waals surface area contributed by atoms with E-state index in [1.165, 1.54) is 29.5 Å². The summed E-state index contributed by atoms with van der Waals surface area (Å²) in [6.45, 7) is 6.25. The molecule has 1 heterocycles. The van der Waals surface area contributed by atoms with E-state index in [1.807, 2.05) is 6.20 Å². The molecule has 0 amide bonds. The summed E-state index contributed by atoms with van der Waals surface area (Å²) in [6.07, 6.45) is 4.36. The second-order valence-electron chi connectivity index (χ2n) is 5.28. The first-order chi connectivity index (χ1) is 11.5. The second-order valence-corrected chi connectivity index (χ2v) is 5.28. The number of unbranched alkanes of at least 4 members (excludes halogenated alkanes) is 1. The Balaban J connectivity index is 0.000000413. The topological polar surface area (TPSA) is 115 Å². The van der Waals surface area contributed by atoms with E-state index in [0.29, 0.717) is 0 Å². The number of aromatic nitrogens is 2. The van der Waals surface area contributed by atoms with Crippen LogP contribution in [-0.4, -0.2) is 38.9 Å². The molecule has 0 spiro atoms. The number of carboxylic acid groups (broad SMARTS) is 2. The summed E-state index contributed by atoms with van der Waals surface area (Å²) < 4.78 is 0. The molecule has 24 heavy (non-hydrogen) atoms. The van der Waals surface area contributed by atoms with E-state index in [-0.39, 0.29) is 0 Å². The molecule has 2 aromatic rings. The van der Waals surface area contributed by atoms with E-state index in [1.54, 1.807) is 0 Å². The highest BCUT2D eigenvalue weighted by molar-refractivity contribution is 6.27. The van der Waals surface area contributed by atoms with Crippen molar-refractivity contribution in [2.75, 3.05) is 6.54 Å². The third-order valence-corrected chi connectivity index (χ3v) is 3.26. The fourth-order valence-corrected chi connectivity index (χ4v) is 1.94. The van der Waals surface area contributed by atoms with Gasteiger partial charge in [-0.25, -0.2) is 9.59 Å². The Morgan fingerprint density at radius 2 is 1.79 bits per heavy atom. The monoisotopic (exact) mass is 333 g/mol. The quantitative estimate of drug-likeness (QED) is 0.477. The Labute approximate surface area is 140 Å². The normalized spacial score (nSPS) is 9.92. The van der Waals surface area contributed by atoms with E-state index in [9.17, 15) is 0 Å². The predicted molar refractivity (Wildman–Crippen MR) is 90.6 cm³/mol. The van der Waals surface area contributed by atoms with Gasteiger partial charge in [-0.1, -0.05) is 43.2 Å². The average molecular weight is 333 g/mol. The minimum atomic E-state index is -1.82. The Bertz CT molecular complexity index is 638. The lowest BCUT2D eigenvalue weighted by Gasteiger charge is -2.05. The van der Waals surface area contributed by atoms with Crippen LogP contribution in [-0.2, 0) is 16.1 Å². The molecule has 0 aliphatic heterocycles. The molecule has 1 aromatic carbocycles. The van der Waals surface area contributed by atoms with Crippen molar-refractivity contribution in [2.24, 2.45) is 0 Å². The maximum absolute atomic E-state index is 9.10. The summed E-state index contributed by atoms with van der Waals surface area (Å²) in [5.74, 6) is -3.65. The number of nitrogens with zero attached hydrogens (tertiary/aromatic N) is 1. The van der Waals surface area contributed by atoms with Crippen LogP contribution in [0.2, 0.25) is 0 Å². The first-order valence-electron chi connectivity index (χ1n) is 7.72. The molecular weight excluding hydrogens is 310 g/mol. The molecule has 1 aromatic heterocycles. The van der Waals surface area contributed by atoms with Crippen molar-refractivity contribution >= 4 is 11.9 Å². The van der Waals surface area contributed by atoms with E-state index < -0.39 is 11.9 Å². The maximum atomic E-state index is 9.10. The molecule has 0 aliphatic carbocycles. The highest BCUT2D eigenvalue weighted by Crippen LogP contribution is 2.21. The molecule has 0 radical (unpaired) electrons. The summed E-state index contributed by atoms with van der Waals surface area (Å²) in [7, 11) is 0. The first kappa shape index (κ1) is 19.4. The van der Waals surface area contributed by atoms with Gasteiger partial charge in [0.25, 0.3) is 0 Å². The Hall–Kier alpha value is -2.67. The van der Waals surface area contributed by atoms with Crippen LogP contribution in [0, 0.1) is 6.92 Å². The molecule has 0 atom stereocenters. The molecule has 0 fully saturated rings. The zero-order valence-corrected chi connectivity index (χ0v) is 13.9. The third kappa shape index (κ3) is 6.62. The fraction of sp³-hybridized carbons (Fsp3) is 0.353. The summed E-state index contributed by atoms with van der Waals surface area (Å²) in [5.41, 5.74) is 4.83. The summed E-state index contributed by atoms with van der Waals surface area (Å²) in [5, 5.41) is 25.5. The van der Waals surface area contributed by atoms with Crippen molar-refractivity contribution in [3.05, 3.63) is 41.6 Å². The van der Waals surface area contributed by atoms with Crippen molar-refractivity contribution in [1.82, 2.24) is 15.5 Å². The van der Waals surface area contributed by atoms with Gasteiger partial charge < -0.3 is 15.5 Å². The number of rotatable bonds is 6. The highest BCUT2D eigenvalue weighted by atomic mass is 16.4. The van der Waals surface area contributed by atoms with E-state index in [4.69, 9.17) is 19.8 Å². The first-order valence-corrected chi connectivity index (χ1v) is 7.72. The van der Waals surface area contributed by atoms with Gasteiger partial charge in [0.1, 0.15) is 0 Å². The maximum Gasteiger partial charge on any atom is 0.414 e. The summed E-state index contributed by atoms with van der Waals surface area (Å²) in [6, 6.07) is 8.53. The molecule has 0 saturated heterocycles. The van der Waals surface area contributed by atoms with Gasteiger partial charge in [-0.05, 0) is 25.5 Å². The number of benzene rings is 1. The van der Waals surface area contributed by atoms with Crippen LogP contribution < -0.4 is 5.32 Å². The van der Waals surface area contributed by atoms with Crippen molar-refractivity contribution in [3.63, 3.8) is 0 Å². The van der Waals surface area contributed by atoms with Gasteiger partial charge in [-0.15, -0.1) is 0 Å². The van der Waals surface area contributed by atoms with Crippen LogP contribution in [0.15, 0.2) is 30.5 Å². The molecule has 7 nitrogen and oxygen atoms in total. The zero-order valence-electron chi connectivity index (χ0n) is 13.9. The average Bonchev–Trinajstić information content (AvgIpc) is 3.01. The zero-order chi connectivity index (χ0) is 17.9. The molecule has 0 aliphatic rings. The number of hydrogen-bond acceptors (Lipinski definition) is 4. The number of aromatic amines is 1. The van der Waals surface area contributed by atoms with Crippen LogP contribution in [0.3, 0.4) is 0 Å². The Kier molecular flexibility index (Phi) is 8.21. The molecule has 0 unspecified atom stereocenters.